The Hall–Kier alpha value is -2.93. The third-order valence-corrected chi connectivity index (χ3v) is 4.35. The van der Waals surface area contributed by atoms with Crippen LogP contribution >= 0.6 is 11.6 Å². The topological polar surface area (TPSA) is 82.8 Å². The van der Waals surface area contributed by atoms with Crippen molar-refractivity contribution in [3.63, 3.8) is 0 Å². The summed E-state index contributed by atoms with van der Waals surface area (Å²) in [4.78, 5) is 8.68. The summed E-state index contributed by atoms with van der Waals surface area (Å²) < 4.78 is 21.0. The monoisotopic (exact) mass is 357 g/mol. The number of nitrogen functional groups attached to an aromatic ring is 1. The lowest BCUT2D eigenvalue weighted by Crippen LogP contribution is -2.06. The van der Waals surface area contributed by atoms with Crippen molar-refractivity contribution in [3.05, 3.63) is 58.7 Å². The summed E-state index contributed by atoms with van der Waals surface area (Å²) in [5.74, 6) is 0.753. The summed E-state index contributed by atoms with van der Waals surface area (Å²) in [5, 5.41) is 5.41. The predicted molar refractivity (Wildman–Crippen MR) is 92.7 cm³/mol. The number of hydrogen-bond donors (Lipinski definition) is 1. The summed E-state index contributed by atoms with van der Waals surface area (Å²) in [6.45, 7) is 2.00. The number of aromatic nitrogens is 4. The number of fused-ring (bicyclic) bond motifs is 1. The van der Waals surface area contributed by atoms with Crippen molar-refractivity contribution in [2.45, 2.75) is 13.5 Å². The summed E-state index contributed by atoms with van der Waals surface area (Å²) in [7, 11) is 0. The smallest absolute Gasteiger partial charge is 0.199 e. The van der Waals surface area contributed by atoms with Crippen LogP contribution in [-0.4, -0.2) is 19.7 Å². The molecule has 0 radical (unpaired) electrons. The lowest BCUT2D eigenvalue weighted by Gasteiger charge is -2.07. The zero-order valence-electron chi connectivity index (χ0n) is 13.2. The maximum absolute atomic E-state index is 14.1. The second-order valence-corrected chi connectivity index (χ2v) is 5.96. The number of halogens is 2. The Morgan fingerprint density at radius 3 is 2.80 bits per heavy atom. The van der Waals surface area contributed by atoms with Crippen LogP contribution < -0.4 is 5.73 Å². The van der Waals surface area contributed by atoms with Gasteiger partial charge in [0.25, 0.3) is 0 Å². The minimum atomic E-state index is -0.387. The molecule has 3 heterocycles. The van der Waals surface area contributed by atoms with Gasteiger partial charge in [0.05, 0.1) is 18.2 Å². The largest absolute Gasteiger partial charge is 0.461 e. The highest BCUT2D eigenvalue weighted by atomic mass is 35.5. The zero-order valence-corrected chi connectivity index (χ0v) is 14.0. The molecule has 0 aliphatic carbocycles. The molecule has 0 saturated heterocycles. The molecule has 8 heteroatoms. The molecule has 126 valence electrons. The van der Waals surface area contributed by atoms with Gasteiger partial charge >= 0.3 is 0 Å². The Morgan fingerprint density at radius 1 is 1.24 bits per heavy atom. The third-order valence-electron chi connectivity index (χ3n) is 3.99. The molecule has 0 fully saturated rings. The van der Waals surface area contributed by atoms with Crippen LogP contribution in [0.1, 0.15) is 11.3 Å². The maximum Gasteiger partial charge on any atom is 0.199 e. The highest BCUT2D eigenvalue weighted by Gasteiger charge is 2.18. The van der Waals surface area contributed by atoms with Gasteiger partial charge in [-0.3, -0.25) is 4.68 Å². The third kappa shape index (κ3) is 2.62. The highest BCUT2D eigenvalue weighted by molar-refractivity contribution is 6.31. The molecule has 25 heavy (non-hydrogen) atoms. The van der Waals surface area contributed by atoms with Crippen molar-refractivity contribution in [3.8, 4) is 11.6 Å². The summed E-state index contributed by atoms with van der Waals surface area (Å²) in [6, 6.07) is 8.05. The van der Waals surface area contributed by atoms with E-state index in [1.165, 1.54) is 12.3 Å². The molecule has 0 aliphatic rings. The Bertz CT molecular complexity index is 1050. The lowest BCUT2D eigenvalue weighted by molar-refractivity contribution is 0.577. The average molecular weight is 358 g/mol. The molecule has 0 atom stereocenters. The SMILES string of the molecule is Cc1c2c(N)nc(-c3ccco3)nc2nn1Cc1c(F)cccc1Cl. The molecule has 0 unspecified atom stereocenters. The zero-order chi connectivity index (χ0) is 17.6. The molecule has 0 amide bonds. The van der Waals surface area contributed by atoms with Gasteiger partial charge in [-0.25, -0.2) is 14.4 Å². The number of aryl methyl sites for hydroxylation is 1. The number of nitrogens with zero attached hydrogens (tertiary/aromatic N) is 4. The van der Waals surface area contributed by atoms with Gasteiger partial charge in [-0.05, 0) is 31.2 Å². The number of furan rings is 1. The molecule has 0 saturated carbocycles. The number of anilines is 1. The van der Waals surface area contributed by atoms with Gasteiger partial charge < -0.3 is 10.2 Å². The second-order valence-electron chi connectivity index (χ2n) is 5.55. The van der Waals surface area contributed by atoms with Crippen LogP contribution in [0, 0.1) is 12.7 Å². The molecule has 4 aromatic rings. The summed E-state index contributed by atoms with van der Waals surface area (Å²) >= 11 is 6.11. The van der Waals surface area contributed by atoms with Gasteiger partial charge in [-0.15, -0.1) is 0 Å². The molecule has 4 rings (SSSR count). The van der Waals surface area contributed by atoms with Crippen molar-refractivity contribution in [2.75, 3.05) is 5.73 Å². The van der Waals surface area contributed by atoms with Crippen LogP contribution in [-0.2, 0) is 6.54 Å². The minimum absolute atomic E-state index is 0.170. The fourth-order valence-electron chi connectivity index (χ4n) is 2.71. The summed E-state index contributed by atoms with van der Waals surface area (Å²) in [5.41, 5.74) is 7.60. The van der Waals surface area contributed by atoms with E-state index < -0.39 is 0 Å². The molecular weight excluding hydrogens is 345 g/mol. The van der Waals surface area contributed by atoms with Gasteiger partial charge in [0.2, 0.25) is 0 Å². The van der Waals surface area contributed by atoms with Gasteiger partial charge in [0.1, 0.15) is 11.6 Å². The van der Waals surface area contributed by atoms with E-state index in [-0.39, 0.29) is 12.4 Å². The quantitative estimate of drug-likeness (QED) is 0.602. The van der Waals surface area contributed by atoms with E-state index in [2.05, 4.69) is 15.1 Å². The van der Waals surface area contributed by atoms with Crippen molar-refractivity contribution in [1.82, 2.24) is 19.7 Å². The van der Waals surface area contributed by atoms with E-state index in [0.717, 1.165) is 5.69 Å². The van der Waals surface area contributed by atoms with Gasteiger partial charge in [-0.1, -0.05) is 17.7 Å². The van der Waals surface area contributed by atoms with Crippen LogP contribution in [0.2, 0.25) is 5.02 Å². The fraction of sp³-hybridized carbons (Fsp3) is 0.118. The molecule has 6 nitrogen and oxygen atoms in total. The Labute approximate surface area is 147 Å². The van der Waals surface area contributed by atoms with Crippen molar-refractivity contribution in [1.29, 1.82) is 0 Å². The van der Waals surface area contributed by atoms with Gasteiger partial charge in [0.15, 0.2) is 17.2 Å². The number of hydrogen-bond acceptors (Lipinski definition) is 5. The molecule has 0 bridgehead atoms. The predicted octanol–water partition coefficient (Wildman–Crippen LogP) is 3.82. The molecule has 0 spiro atoms. The van der Waals surface area contributed by atoms with E-state index in [1.807, 2.05) is 6.92 Å². The first kappa shape index (κ1) is 15.6. The van der Waals surface area contributed by atoms with Crippen molar-refractivity contribution in [2.24, 2.45) is 0 Å². The molecule has 3 aromatic heterocycles. The lowest BCUT2D eigenvalue weighted by atomic mass is 10.2. The first-order chi connectivity index (χ1) is 12.0. The highest BCUT2D eigenvalue weighted by Crippen LogP contribution is 2.27. The minimum Gasteiger partial charge on any atom is -0.461 e. The first-order valence-corrected chi connectivity index (χ1v) is 7.90. The van der Waals surface area contributed by atoms with Crippen LogP contribution in [0.15, 0.2) is 41.0 Å². The van der Waals surface area contributed by atoms with E-state index in [0.29, 0.717) is 39.0 Å². The Balaban J connectivity index is 1.83. The standard InChI is InChI=1S/C17H13ClFN5O/c1-9-14-15(20)21-16(13-6-3-7-25-13)22-17(14)23-24(9)8-10-11(18)4-2-5-12(10)19/h2-7H,8H2,1H3,(H2,20,21,22,23). The van der Waals surface area contributed by atoms with Crippen LogP contribution in [0.3, 0.4) is 0 Å². The van der Waals surface area contributed by atoms with E-state index in [4.69, 9.17) is 21.8 Å². The van der Waals surface area contributed by atoms with Crippen molar-refractivity contribution >= 4 is 28.5 Å². The molecule has 1 aromatic carbocycles. The number of benzene rings is 1. The summed E-state index contributed by atoms with van der Waals surface area (Å²) in [6.07, 6.45) is 1.53. The van der Waals surface area contributed by atoms with E-state index >= 15 is 0 Å². The molecule has 2 N–H and O–H groups in total. The normalized spacial score (nSPS) is 11.3. The Kier molecular flexibility index (Phi) is 3.65. The van der Waals surface area contributed by atoms with Gasteiger partial charge in [-0.2, -0.15) is 5.10 Å². The van der Waals surface area contributed by atoms with E-state index in [9.17, 15) is 4.39 Å². The van der Waals surface area contributed by atoms with E-state index in [1.54, 1.807) is 28.9 Å². The molecule has 0 aliphatic heterocycles. The number of rotatable bonds is 3. The second kappa shape index (κ2) is 5.86. The van der Waals surface area contributed by atoms with Crippen LogP contribution in [0.25, 0.3) is 22.6 Å². The van der Waals surface area contributed by atoms with Gasteiger partial charge in [0, 0.05) is 16.3 Å². The van der Waals surface area contributed by atoms with Crippen LogP contribution in [0.5, 0.6) is 0 Å². The maximum atomic E-state index is 14.1. The van der Waals surface area contributed by atoms with Crippen molar-refractivity contribution < 1.29 is 8.81 Å². The number of nitrogens with two attached hydrogens (primary N) is 1. The van der Waals surface area contributed by atoms with Crippen LogP contribution in [0.4, 0.5) is 10.2 Å². The molecular formula is C17H13ClFN5O. The average Bonchev–Trinajstić information content (AvgIpc) is 3.20. The Morgan fingerprint density at radius 2 is 2.08 bits per heavy atom. The first-order valence-electron chi connectivity index (χ1n) is 7.52. The fourth-order valence-corrected chi connectivity index (χ4v) is 2.93.